The Kier molecular flexibility index (Phi) is 8.05. The van der Waals surface area contributed by atoms with Crippen LogP contribution in [0.2, 0.25) is 5.02 Å². The minimum absolute atomic E-state index is 0.0311. The number of nitrogens with zero attached hydrogens (tertiary/aromatic N) is 2. The number of amides is 2. The second-order valence-corrected chi connectivity index (χ2v) is 8.89. The van der Waals surface area contributed by atoms with Crippen molar-refractivity contribution in [2.45, 2.75) is 63.7 Å². The van der Waals surface area contributed by atoms with Crippen molar-refractivity contribution in [1.29, 1.82) is 0 Å². The number of nitrogens with one attached hydrogen (secondary N) is 2. The van der Waals surface area contributed by atoms with E-state index in [4.69, 9.17) is 11.6 Å². The second-order valence-electron chi connectivity index (χ2n) is 8.46. The number of rotatable bonds is 7. The maximum Gasteiger partial charge on any atom is 0.433 e. The molecular weight excluding hydrogens is 457 g/mol. The van der Waals surface area contributed by atoms with Crippen molar-refractivity contribution in [3.63, 3.8) is 0 Å². The first-order chi connectivity index (χ1) is 15.5. The monoisotopic (exact) mass is 484 g/mol. The van der Waals surface area contributed by atoms with Gasteiger partial charge in [0.1, 0.15) is 5.69 Å². The SMILES string of the molecule is CC(=O)NCCCC(=O)NC1CCC(N(C)c2cc(C(F)(F)F)nc3ccc(Cl)cc23)CC1. The van der Waals surface area contributed by atoms with E-state index in [1.165, 1.54) is 19.1 Å². The van der Waals surface area contributed by atoms with Crippen LogP contribution in [0.25, 0.3) is 10.9 Å². The second kappa shape index (κ2) is 10.6. The third-order valence-corrected chi connectivity index (χ3v) is 6.22. The number of carbonyl (C=O) groups excluding carboxylic acids is 2. The molecule has 1 saturated carbocycles. The van der Waals surface area contributed by atoms with Gasteiger partial charge in [-0.3, -0.25) is 9.59 Å². The van der Waals surface area contributed by atoms with Crippen LogP contribution in [0.3, 0.4) is 0 Å². The van der Waals surface area contributed by atoms with Gasteiger partial charge in [0.15, 0.2) is 0 Å². The van der Waals surface area contributed by atoms with E-state index in [1.807, 2.05) is 4.90 Å². The highest BCUT2D eigenvalue weighted by Gasteiger charge is 2.34. The lowest BCUT2D eigenvalue weighted by Gasteiger charge is -2.37. The number of hydrogen-bond donors (Lipinski definition) is 2. The summed E-state index contributed by atoms with van der Waals surface area (Å²) in [6.07, 6.45) is -0.694. The Morgan fingerprint density at radius 2 is 1.88 bits per heavy atom. The molecule has 33 heavy (non-hydrogen) atoms. The maximum atomic E-state index is 13.4. The molecule has 0 bridgehead atoms. The van der Waals surface area contributed by atoms with Crippen LogP contribution in [-0.4, -0.2) is 42.5 Å². The van der Waals surface area contributed by atoms with Gasteiger partial charge >= 0.3 is 6.18 Å². The largest absolute Gasteiger partial charge is 0.433 e. The molecule has 0 spiro atoms. The lowest BCUT2D eigenvalue weighted by Crippen LogP contribution is -2.43. The molecule has 2 aromatic rings. The van der Waals surface area contributed by atoms with Gasteiger partial charge in [-0.15, -0.1) is 0 Å². The highest BCUT2D eigenvalue weighted by Crippen LogP contribution is 2.37. The Morgan fingerprint density at radius 1 is 1.18 bits per heavy atom. The molecule has 1 heterocycles. The fourth-order valence-corrected chi connectivity index (χ4v) is 4.41. The minimum Gasteiger partial charge on any atom is -0.371 e. The summed E-state index contributed by atoms with van der Waals surface area (Å²) >= 11 is 6.11. The molecule has 10 heteroatoms. The number of hydrogen-bond acceptors (Lipinski definition) is 4. The van der Waals surface area contributed by atoms with Crippen LogP contribution in [0.15, 0.2) is 24.3 Å². The van der Waals surface area contributed by atoms with Gasteiger partial charge in [-0.05, 0) is 56.4 Å². The van der Waals surface area contributed by atoms with Crippen LogP contribution in [0.4, 0.5) is 18.9 Å². The summed E-state index contributed by atoms with van der Waals surface area (Å²) in [6, 6.07) is 5.83. The molecule has 2 N–H and O–H groups in total. The number of aromatic nitrogens is 1. The molecule has 0 aliphatic heterocycles. The summed E-state index contributed by atoms with van der Waals surface area (Å²) < 4.78 is 40.3. The fourth-order valence-electron chi connectivity index (χ4n) is 4.23. The summed E-state index contributed by atoms with van der Waals surface area (Å²) in [5, 5.41) is 6.70. The van der Waals surface area contributed by atoms with Crippen LogP contribution in [-0.2, 0) is 15.8 Å². The number of carbonyl (C=O) groups is 2. The van der Waals surface area contributed by atoms with E-state index in [0.29, 0.717) is 35.5 Å². The van der Waals surface area contributed by atoms with Gasteiger partial charge in [0.25, 0.3) is 0 Å². The van der Waals surface area contributed by atoms with E-state index in [-0.39, 0.29) is 29.4 Å². The number of alkyl halides is 3. The average molecular weight is 485 g/mol. The van der Waals surface area contributed by atoms with Gasteiger partial charge < -0.3 is 15.5 Å². The van der Waals surface area contributed by atoms with Crippen molar-refractivity contribution in [3.8, 4) is 0 Å². The third kappa shape index (κ3) is 6.72. The number of anilines is 1. The number of pyridine rings is 1. The summed E-state index contributed by atoms with van der Waals surface area (Å²) in [6.45, 7) is 1.90. The number of halogens is 4. The Hall–Kier alpha value is -2.55. The molecule has 0 saturated heterocycles. The van der Waals surface area contributed by atoms with E-state index < -0.39 is 11.9 Å². The topological polar surface area (TPSA) is 74.3 Å². The van der Waals surface area contributed by atoms with Crippen LogP contribution in [0, 0.1) is 0 Å². The van der Waals surface area contributed by atoms with Gasteiger partial charge in [-0.1, -0.05) is 11.6 Å². The predicted molar refractivity (Wildman–Crippen MR) is 122 cm³/mol. The van der Waals surface area contributed by atoms with Gasteiger partial charge in [-0.2, -0.15) is 13.2 Å². The van der Waals surface area contributed by atoms with Crippen molar-refractivity contribution in [1.82, 2.24) is 15.6 Å². The summed E-state index contributed by atoms with van der Waals surface area (Å²) in [5.74, 6) is -0.175. The number of benzene rings is 1. The van der Waals surface area contributed by atoms with E-state index in [2.05, 4.69) is 15.6 Å². The molecule has 1 aromatic carbocycles. The highest BCUT2D eigenvalue weighted by atomic mass is 35.5. The molecule has 1 aliphatic rings. The van der Waals surface area contributed by atoms with E-state index in [0.717, 1.165) is 31.7 Å². The van der Waals surface area contributed by atoms with Crippen molar-refractivity contribution >= 4 is 40.0 Å². The summed E-state index contributed by atoms with van der Waals surface area (Å²) in [7, 11) is 1.79. The molecule has 6 nitrogen and oxygen atoms in total. The number of fused-ring (bicyclic) bond motifs is 1. The maximum absolute atomic E-state index is 13.4. The van der Waals surface area contributed by atoms with Crippen molar-refractivity contribution in [2.24, 2.45) is 0 Å². The van der Waals surface area contributed by atoms with Crippen LogP contribution in [0.5, 0.6) is 0 Å². The van der Waals surface area contributed by atoms with Crippen molar-refractivity contribution in [3.05, 3.63) is 35.0 Å². The van der Waals surface area contributed by atoms with E-state index >= 15 is 0 Å². The highest BCUT2D eigenvalue weighted by molar-refractivity contribution is 6.31. The minimum atomic E-state index is -4.55. The van der Waals surface area contributed by atoms with Crippen LogP contribution in [0.1, 0.15) is 51.1 Å². The molecular formula is C23H28ClF3N4O2. The predicted octanol–water partition coefficient (Wildman–Crippen LogP) is 4.69. The first-order valence-electron chi connectivity index (χ1n) is 11.0. The molecule has 180 valence electrons. The summed E-state index contributed by atoms with van der Waals surface area (Å²) in [5.41, 5.74) is -0.240. The first kappa shape index (κ1) is 25.1. The smallest absolute Gasteiger partial charge is 0.371 e. The summed E-state index contributed by atoms with van der Waals surface area (Å²) in [4.78, 5) is 28.7. The normalized spacial score (nSPS) is 18.7. The van der Waals surface area contributed by atoms with Crippen LogP contribution >= 0.6 is 11.6 Å². The molecule has 0 unspecified atom stereocenters. The van der Waals surface area contributed by atoms with Crippen molar-refractivity contribution in [2.75, 3.05) is 18.5 Å². The molecule has 2 amide bonds. The molecule has 0 atom stereocenters. The molecule has 0 radical (unpaired) electrons. The van der Waals surface area contributed by atoms with E-state index in [1.54, 1.807) is 13.1 Å². The first-order valence-corrected chi connectivity index (χ1v) is 11.4. The van der Waals surface area contributed by atoms with Gasteiger partial charge in [-0.25, -0.2) is 4.98 Å². The zero-order valence-electron chi connectivity index (χ0n) is 18.6. The fraction of sp³-hybridized carbons (Fsp3) is 0.522. The Balaban J connectivity index is 1.64. The molecule has 1 fully saturated rings. The average Bonchev–Trinajstić information content (AvgIpc) is 2.75. The Morgan fingerprint density at radius 3 is 2.52 bits per heavy atom. The third-order valence-electron chi connectivity index (χ3n) is 5.98. The zero-order valence-corrected chi connectivity index (χ0v) is 19.4. The molecule has 1 aromatic heterocycles. The Labute approximate surface area is 195 Å². The standard InChI is InChI=1S/C23H28ClF3N4O2/c1-14(32)28-11-3-4-22(33)29-16-6-8-17(9-7-16)31(2)20-13-21(23(25,26)27)30-19-10-5-15(24)12-18(19)20/h5,10,12-13,16-17H,3-4,6-9,11H2,1-2H3,(H,28,32)(H,29,33). The van der Waals surface area contributed by atoms with Gasteiger partial charge in [0.05, 0.1) is 5.52 Å². The lowest BCUT2D eigenvalue weighted by molar-refractivity contribution is -0.141. The van der Waals surface area contributed by atoms with Gasteiger partial charge in [0.2, 0.25) is 11.8 Å². The molecule has 1 aliphatic carbocycles. The van der Waals surface area contributed by atoms with Gasteiger partial charge in [0, 0.05) is 55.1 Å². The zero-order chi connectivity index (χ0) is 24.2. The lowest BCUT2D eigenvalue weighted by atomic mass is 9.89. The Bertz CT molecular complexity index is 1010. The quantitative estimate of drug-likeness (QED) is 0.559. The van der Waals surface area contributed by atoms with Crippen molar-refractivity contribution < 1.29 is 22.8 Å². The van der Waals surface area contributed by atoms with E-state index in [9.17, 15) is 22.8 Å². The van der Waals surface area contributed by atoms with Crippen LogP contribution < -0.4 is 15.5 Å². The molecule has 3 rings (SSSR count).